The van der Waals surface area contributed by atoms with Crippen LogP contribution in [-0.4, -0.2) is 16.3 Å². The molecule has 1 aromatic heterocycles. The first kappa shape index (κ1) is 11.5. The molecule has 94 valence electrons. The third kappa shape index (κ3) is 1.89. The van der Waals surface area contributed by atoms with Gasteiger partial charge >= 0.3 is 0 Å². The Balaban J connectivity index is 2.22. The maximum absolute atomic E-state index is 13.9. The summed E-state index contributed by atoms with van der Waals surface area (Å²) in [6, 6.07) is 6.91. The lowest BCUT2D eigenvalue weighted by Crippen LogP contribution is -1.93. The minimum Gasteiger partial charge on any atom is -0.345 e. The molecule has 19 heavy (non-hydrogen) atoms. The molecule has 1 N–H and O–H groups in total. The molecule has 0 radical (unpaired) electrons. The van der Waals surface area contributed by atoms with Crippen molar-refractivity contribution in [3.63, 3.8) is 0 Å². The van der Waals surface area contributed by atoms with E-state index < -0.39 is 11.6 Å². The number of carbonyl (C=O) groups excluding carboxylic acids is 1. The van der Waals surface area contributed by atoms with E-state index in [4.69, 9.17) is 0 Å². The zero-order valence-corrected chi connectivity index (χ0v) is 9.65. The fourth-order valence-corrected chi connectivity index (χ4v) is 2.03. The van der Waals surface area contributed by atoms with Crippen molar-refractivity contribution in [2.45, 2.75) is 0 Å². The number of imidazole rings is 1. The highest BCUT2D eigenvalue weighted by Crippen LogP contribution is 2.28. The van der Waals surface area contributed by atoms with Crippen LogP contribution in [0.5, 0.6) is 0 Å². The fourth-order valence-electron chi connectivity index (χ4n) is 2.03. The van der Waals surface area contributed by atoms with E-state index in [0.717, 1.165) is 12.1 Å². The lowest BCUT2D eigenvalue weighted by Gasteiger charge is -2.06. The van der Waals surface area contributed by atoms with Gasteiger partial charge in [-0.1, -0.05) is 6.07 Å². The summed E-state index contributed by atoms with van der Waals surface area (Å²) in [5.74, 6) is -1.53. The minimum atomic E-state index is -0.763. The van der Waals surface area contributed by atoms with Crippen molar-refractivity contribution in [2.75, 3.05) is 0 Å². The van der Waals surface area contributed by atoms with Crippen LogP contribution in [0, 0.1) is 11.6 Å². The van der Waals surface area contributed by atoms with Crippen LogP contribution >= 0.6 is 0 Å². The second-order valence-corrected chi connectivity index (χ2v) is 4.11. The van der Waals surface area contributed by atoms with E-state index in [1.807, 2.05) is 0 Å². The van der Waals surface area contributed by atoms with Crippen molar-refractivity contribution >= 4 is 17.3 Å². The highest BCUT2D eigenvalue weighted by atomic mass is 19.1. The molecule has 0 unspecified atom stereocenters. The van der Waals surface area contributed by atoms with Gasteiger partial charge in [0.25, 0.3) is 0 Å². The fraction of sp³-hybridized carbons (Fsp3) is 0. The Bertz CT molecular complexity index is 757. The number of aromatic amines is 1. The molecule has 0 atom stereocenters. The van der Waals surface area contributed by atoms with E-state index in [1.54, 1.807) is 18.2 Å². The molecule has 2 aromatic carbocycles. The third-order valence-electron chi connectivity index (χ3n) is 2.91. The Hall–Kier alpha value is -2.56. The molecule has 0 spiro atoms. The van der Waals surface area contributed by atoms with Gasteiger partial charge < -0.3 is 4.98 Å². The van der Waals surface area contributed by atoms with Crippen LogP contribution in [-0.2, 0) is 0 Å². The van der Waals surface area contributed by atoms with Crippen molar-refractivity contribution in [1.29, 1.82) is 0 Å². The predicted octanol–water partition coefficient (Wildman–Crippen LogP) is 3.32. The third-order valence-corrected chi connectivity index (χ3v) is 2.91. The first-order chi connectivity index (χ1) is 9.19. The topological polar surface area (TPSA) is 45.8 Å². The van der Waals surface area contributed by atoms with E-state index in [2.05, 4.69) is 9.97 Å². The van der Waals surface area contributed by atoms with Crippen molar-refractivity contribution in [1.82, 2.24) is 9.97 Å². The van der Waals surface area contributed by atoms with Gasteiger partial charge in [-0.3, -0.25) is 4.79 Å². The largest absolute Gasteiger partial charge is 0.345 e. The normalized spacial score (nSPS) is 10.8. The molecule has 0 aliphatic heterocycles. The number of nitrogens with zero attached hydrogens (tertiary/aromatic N) is 1. The van der Waals surface area contributed by atoms with E-state index in [1.165, 1.54) is 6.33 Å². The zero-order valence-electron chi connectivity index (χ0n) is 9.65. The van der Waals surface area contributed by atoms with Crippen molar-refractivity contribution in [2.24, 2.45) is 0 Å². The second-order valence-electron chi connectivity index (χ2n) is 4.11. The number of aldehydes is 1. The van der Waals surface area contributed by atoms with Gasteiger partial charge in [-0.25, -0.2) is 13.8 Å². The standard InChI is InChI=1S/C14H8F2N2O/c15-10-3-8(6-19)4-11(16)14(10)9-1-2-12-13(5-9)18-7-17-12/h1-7H,(H,17,18). The Kier molecular flexibility index (Phi) is 2.59. The number of halogens is 2. The van der Waals surface area contributed by atoms with E-state index in [9.17, 15) is 13.6 Å². The number of aromatic nitrogens is 2. The van der Waals surface area contributed by atoms with E-state index in [-0.39, 0.29) is 11.1 Å². The van der Waals surface area contributed by atoms with Crippen LogP contribution in [0.15, 0.2) is 36.7 Å². The Morgan fingerprint density at radius 1 is 1.11 bits per heavy atom. The Morgan fingerprint density at radius 2 is 1.84 bits per heavy atom. The number of benzene rings is 2. The monoisotopic (exact) mass is 258 g/mol. The van der Waals surface area contributed by atoms with E-state index >= 15 is 0 Å². The molecule has 0 saturated carbocycles. The Morgan fingerprint density at radius 3 is 2.53 bits per heavy atom. The molecule has 0 amide bonds. The molecule has 0 fully saturated rings. The maximum atomic E-state index is 13.9. The van der Waals surface area contributed by atoms with Crippen molar-refractivity contribution in [3.8, 4) is 11.1 Å². The van der Waals surface area contributed by atoms with Gasteiger partial charge in [0.05, 0.1) is 22.9 Å². The summed E-state index contributed by atoms with van der Waals surface area (Å²) in [6.45, 7) is 0. The highest BCUT2D eigenvalue weighted by molar-refractivity contribution is 5.83. The van der Waals surface area contributed by atoms with Crippen LogP contribution in [0.4, 0.5) is 8.78 Å². The molecule has 5 heteroatoms. The van der Waals surface area contributed by atoms with Crippen LogP contribution in [0.25, 0.3) is 22.2 Å². The van der Waals surface area contributed by atoms with Crippen LogP contribution in [0.2, 0.25) is 0 Å². The highest BCUT2D eigenvalue weighted by Gasteiger charge is 2.14. The van der Waals surface area contributed by atoms with Gasteiger partial charge in [-0.05, 0) is 29.8 Å². The average Bonchev–Trinajstić information content (AvgIpc) is 2.85. The van der Waals surface area contributed by atoms with Gasteiger partial charge in [-0.15, -0.1) is 0 Å². The number of hydrogen-bond acceptors (Lipinski definition) is 2. The maximum Gasteiger partial charge on any atom is 0.150 e. The van der Waals surface area contributed by atoms with Gasteiger partial charge in [-0.2, -0.15) is 0 Å². The molecule has 1 heterocycles. The smallest absolute Gasteiger partial charge is 0.150 e. The molecule has 0 aliphatic rings. The number of hydrogen-bond donors (Lipinski definition) is 1. The molecule has 0 aliphatic carbocycles. The molecule has 3 aromatic rings. The zero-order chi connectivity index (χ0) is 13.4. The first-order valence-electron chi connectivity index (χ1n) is 5.57. The number of fused-ring (bicyclic) bond motifs is 1. The molecular weight excluding hydrogens is 250 g/mol. The van der Waals surface area contributed by atoms with Crippen LogP contribution < -0.4 is 0 Å². The summed E-state index contributed by atoms with van der Waals surface area (Å²) in [6.07, 6.45) is 1.92. The number of carbonyl (C=O) groups is 1. The SMILES string of the molecule is O=Cc1cc(F)c(-c2ccc3nc[nH]c3c2)c(F)c1. The van der Waals surface area contributed by atoms with Crippen molar-refractivity contribution in [3.05, 3.63) is 53.9 Å². The summed E-state index contributed by atoms with van der Waals surface area (Å²) in [4.78, 5) is 17.5. The molecule has 0 bridgehead atoms. The number of H-pyrrole nitrogens is 1. The summed E-state index contributed by atoms with van der Waals surface area (Å²) in [7, 11) is 0. The van der Waals surface area contributed by atoms with Gasteiger partial charge in [0.2, 0.25) is 0 Å². The number of rotatable bonds is 2. The van der Waals surface area contributed by atoms with Crippen LogP contribution in [0.3, 0.4) is 0 Å². The minimum absolute atomic E-state index is 0.0265. The summed E-state index contributed by atoms with van der Waals surface area (Å²) < 4.78 is 27.8. The van der Waals surface area contributed by atoms with E-state index in [0.29, 0.717) is 22.9 Å². The molecule has 3 rings (SSSR count). The quantitative estimate of drug-likeness (QED) is 0.717. The van der Waals surface area contributed by atoms with Crippen LogP contribution in [0.1, 0.15) is 10.4 Å². The Labute approximate surface area is 106 Å². The first-order valence-corrected chi connectivity index (χ1v) is 5.57. The van der Waals surface area contributed by atoms with Crippen molar-refractivity contribution < 1.29 is 13.6 Å². The van der Waals surface area contributed by atoms with Gasteiger partial charge in [0, 0.05) is 5.56 Å². The molecule has 3 nitrogen and oxygen atoms in total. The molecule has 0 saturated heterocycles. The second kappa shape index (κ2) is 4.28. The number of nitrogens with one attached hydrogen (secondary N) is 1. The van der Waals surface area contributed by atoms with Gasteiger partial charge in [0.1, 0.15) is 17.9 Å². The summed E-state index contributed by atoms with van der Waals surface area (Å²) in [5.41, 5.74) is 1.62. The van der Waals surface area contributed by atoms with Gasteiger partial charge in [0.15, 0.2) is 0 Å². The lowest BCUT2D eigenvalue weighted by atomic mass is 10.0. The predicted molar refractivity (Wildman–Crippen MR) is 66.8 cm³/mol. The summed E-state index contributed by atoms with van der Waals surface area (Å²) in [5, 5.41) is 0. The average molecular weight is 258 g/mol. The lowest BCUT2D eigenvalue weighted by molar-refractivity contribution is 0.112. The molecular formula is C14H8F2N2O. The summed E-state index contributed by atoms with van der Waals surface area (Å²) >= 11 is 0.